The Morgan fingerprint density at radius 2 is 1.82 bits per heavy atom. The van der Waals surface area contributed by atoms with Gasteiger partial charge in [0.05, 0.1) is 11.4 Å². The second-order valence-electron chi connectivity index (χ2n) is 9.32. The van der Waals surface area contributed by atoms with E-state index in [-0.39, 0.29) is 18.4 Å². The van der Waals surface area contributed by atoms with Crippen molar-refractivity contribution in [2.24, 2.45) is 0 Å². The van der Waals surface area contributed by atoms with Gasteiger partial charge in [-0.3, -0.25) is 14.5 Å². The number of rotatable bonds is 7. The summed E-state index contributed by atoms with van der Waals surface area (Å²) < 4.78 is 19.6. The first-order valence-electron chi connectivity index (χ1n) is 12.6. The fourth-order valence-corrected chi connectivity index (χ4v) is 5.47. The number of cyclic esters (lactones) is 1. The highest BCUT2D eigenvalue weighted by molar-refractivity contribution is 7.12. The van der Waals surface area contributed by atoms with Crippen LogP contribution in [0.1, 0.15) is 33.8 Å². The average Bonchev–Trinajstić information content (AvgIpc) is 3.58. The molecule has 1 aromatic heterocycles. The third kappa shape index (κ3) is 5.56. The van der Waals surface area contributed by atoms with Gasteiger partial charge in [-0.1, -0.05) is 37.3 Å². The van der Waals surface area contributed by atoms with Crippen molar-refractivity contribution in [1.29, 1.82) is 0 Å². The monoisotopic (exact) mass is 536 g/mol. The number of piperazine rings is 1. The minimum absolute atomic E-state index is 0.0490. The van der Waals surface area contributed by atoms with E-state index in [9.17, 15) is 18.8 Å². The van der Waals surface area contributed by atoms with Crippen molar-refractivity contribution >= 4 is 34.9 Å². The maximum atomic E-state index is 13.9. The molecule has 5 rings (SSSR count). The van der Waals surface area contributed by atoms with Crippen LogP contribution in [0.4, 0.5) is 14.9 Å². The van der Waals surface area contributed by atoms with Crippen molar-refractivity contribution in [3.05, 3.63) is 87.9 Å². The zero-order valence-electron chi connectivity index (χ0n) is 21.0. The van der Waals surface area contributed by atoms with E-state index in [0.29, 0.717) is 34.8 Å². The highest BCUT2D eigenvalue weighted by Gasteiger charge is 2.48. The summed E-state index contributed by atoms with van der Waals surface area (Å²) >= 11 is 1.35. The van der Waals surface area contributed by atoms with Gasteiger partial charge in [-0.25, -0.2) is 9.18 Å². The van der Waals surface area contributed by atoms with E-state index in [2.05, 4.69) is 17.1 Å². The number of likely N-dealkylation sites (N-methyl/N-ethyl adjacent to an activating group) is 1. The SMILES string of the molecule is CCN1CCN(C(=O)[C@@H]2[C@H](c3ccc(NC(=O)c4cccs4)cc3)OC(=O)N2Cc2cccc(F)c2)CC1. The Morgan fingerprint density at radius 1 is 1.05 bits per heavy atom. The normalized spacial score (nSPS) is 19.9. The summed E-state index contributed by atoms with van der Waals surface area (Å²) in [6, 6.07) is 15.6. The van der Waals surface area contributed by atoms with E-state index in [1.54, 1.807) is 47.4 Å². The van der Waals surface area contributed by atoms with Gasteiger partial charge in [-0.15, -0.1) is 11.3 Å². The van der Waals surface area contributed by atoms with Crippen LogP contribution in [0, 0.1) is 5.82 Å². The number of carbonyl (C=O) groups excluding carboxylic acids is 3. The van der Waals surface area contributed by atoms with Crippen LogP contribution in [0.3, 0.4) is 0 Å². The molecule has 198 valence electrons. The fraction of sp³-hybridized carbons (Fsp3) is 0.321. The molecule has 2 aliphatic heterocycles. The summed E-state index contributed by atoms with van der Waals surface area (Å²) in [7, 11) is 0. The van der Waals surface area contributed by atoms with Crippen molar-refractivity contribution in [3.8, 4) is 0 Å². The van der Waals surface area contributed by atoms with Crippen molar-refractivity contribution < 1.29 is 23.5 Å². The first-order chi connectivity index (χ1) is 18.4. The zero-order valence-corrected chi connectivity index (χ0v) is 21.8. The third-order valence-electron chi connectivity index (χ3n) is 6.95. The number of benzene rings is 2. The van der Waals surface area contributed by atoms with Gasteiger partial charge in [-0.05, 0) is 53.4 Å². The lowest BCUT2D eigenvalue weighted by atomic mass is 9.99. The summed E-state index contributed by atoms with van der Waals surface area (Å²) in [4.78, 5) is 45.3. The molecule has 3 heterocycles. The largest absolute Gasteiger partial charge is 0.438 e. The molecule has 2 aromatic carbocycles. The Morgan fingerprint density at radius 3 is 2.47 bits per heavy atom. The molecule has 0 unspecified atom stereocenters. The molecule has 2 saturated heterocycles. The molecule has 2 fully saturated rings. The second kappa shape index (κ2) is 11.3. The number of hydrogen-bond donors (Lipinski definition) is 1. The zero-order chi connectivity index (χ0) is 26.6. The van der Waals surface area contributed by atoms with E-state index in [1.165, 1.54) is 28.4 Å². The number of anilines is 1. The van der Waals surface area contributed by atoms with Crippen LogP contribution in [0.15, 0.2) is 66.0 Å². The van der Waals surface area contributed by atoms with E-state index < -0.39 is 24.1 Å². The molecule has 38 heavy (non-hydrogen) atoms. The molecule has 0 radical (unpaired) electrons. The number of ether oxygens (including phenoxy) is 1. The van der Waals surface area contributed by atoms with Gasteiger partial charge in [0, 0.05) is 31.9 Å². The Bertz CT molecular complexity index is 1290. The van der Waals surface area contributed by atoms with Crippen LogP contribution in [-0.2, 0) is 16.1 Å². The highest BCUT2D eigenvalue weighted by Crippen LogP contribution is 2.35. The molecule has 2 atom stereocenters. The predicted molar refractivity (Wildman–Crippen MR) is 142 cm³/mol. The maximum Gasteiger partial charge on any atom is 0.411 e. The Balaban J connectivity index is 1.39. The van der Waals surface area contributed by atoms with Gasteiger partial charge < -0.3 is 19.9 Å². The molecule has 3 amide bonds. The number of carbonyl (C=O) groups is 3. The molecule has 0 aliphatic carbocycles. The molecule has 10 heteroatoms. The summed E-state index contributed by atoms with van der Waals surface area (Å²) in [6.07, 6.45) is -1.46. The van der Waals surface area contributed by atoms with Crippen molar-refractivity contribution in [3.63, 3.8) is 0 Å². The number of halogens is 1. The smallest absolute Gasteiger partial charge is 0.411 e. The van der Waals surface area contributed by atoms with Crippen LogP contribution in [0.2, 0.25) is 0 Å². The maximum absolute atomic E-state index is 13.9. The van der Waals surface area contributed by atoms with Gasteiger partial charge in [-0.2, -0.15) is 0 Å². The predicted octanol–water partition coefficient (Wildman–Crippen LogP) is 4.37. The van der Waals surface area contributed by atoms with Crippen LogP contribution in [0.25, 0.3) is 0 Å². The number of nitrogens with one attached hydrogen (secondary N) is 1. The Kier molecular flexibility index (Phi) is 7.71. The molecule has 1 N–H and O–H groups in total. The van der Waals surface area contributed by atoms with Gasteiger partial charge in [0.15, 0.2) is 12.1 Å². The summed E-state index contributed by atoms with van der Waals surface area (Å²) in [5.74, 6) is -0.811. The second-order valence-corrected chi connectivity index (χ2v) is 10.3. The minimum atomic E-state index is -0.898. The molecule has 2 aliphatic rings. The third-order valence-corrected chi connectivity index (χ3v) is 7.82. The van der Waals surface area contributed by atoms with E-state index >= 15 is 0 Å². The van der Waals surface area contributed by atoms with Crippen LogP contribution >= 0.6 is 11.3 Å². The Hall–Kier alpha value is -3.76. The highest BCUT2D eigenvalue weighted by atomic mass is 32.1. The number of amides is 3. The van der Waals surface area contributed by atoms with E-state index in [0.717, 1.165) is 19.6 Å². The number of hydrogen-bond acceptors (Lipinski definition) is 6. The average molecular weight is 537 g/mol. The van der Waals surface area contributed by atoms with E-state index in [4.69, 9.17) is 4.74 Å². The van der Waals surface area contributed by atoms with Gasteiger partial charge in [0.1, 0.15) is 5.82 Å². The van der Waals surface area contributed by atoms with Crippen molar-refractivity contribution in [2.45, 2.75) is 25.6 Å². The van der Waals surface area contributed by atoms with Gasteiger partial charge in [0.25, 0.3) is 5.91 Å². The first kappa shape index (κ1) is 25.9. The minimum Gasteiger partial charge on any atom is -0.438 e. The van der Waals surface area contributed by atoms with Crippen LogP contribution < -0.4 is 5.32 Å². The van der Waals surface area contributed by atoms with E-state index in [1.807, 2.05) is 11.4 Å². The summed E-state index contributed by atoms with van der Waals surface area (Å²) in [5, 5.41) is 4.69. The summed E-state index contributed by atoms with van der Waals surface area (Å²) in [5.41, 5.74) is 1.80. The molecule has 0 spiro atoms. The quantitative estimate of drug-likeness (QED) is 0.485. The Labute approximate surface area is 224 Å². The standard InChI is InChI=1S/C28H29FN4O4S/c1-2-31-12-14-32(15-13-31)27(35)24-25(37-28(36)33(24)18-19-5-3-6-21(29)17-19)20-8-10-22(11-9-20)30-26(34)23-7-4-16-38-23/h3-11,16-17,24-25H,2,12-15,18H2,1H3,(H,30,34)/t24-,25-/m0/s1. The van der Waals surface area contributed by atoms with Gasteiger partial charge in [0.2, 0.25) is 5.91 Å². The number of nitrogens with zero attached hydrogens (tertiary/aromatic N) is 3. The lowest BCUT2D eigenvalue weighted by molar-refractivity contribution is -0.138. The van der Waals surface area contributed by atoms with Gasteiger partial charge >= 0.3 is 6.09 Å². The number of thiophene rings is 1. The molecule has 3 aromatic rings. The van der Waals surface area contributed by atoms with Crippen molar-refractivity contribution in [2.75, 3.05) is 38.0 Å². The summed E-state index contributed by atoms with van der Waals surface area (Å²) in [6.45, 7) is 5.69. The molecular weight excluding hydrogens is 507 g/mol. The first-order valence-corrected chi connectivity index (χ1v) is 13.5. The lowest BCUT2D eigenvalue weighted by Crippen LogP contribution is -2.54. The van der Waals surface area contributed by atoms with Crippen LogP contribution in [-0.4, -0.2) is 71.4 Å². The lowest BCUT2D eigenvalue weighted by Gasteiger charge is -2.37. The van der Waals surface area contributed by atoms with Crippen LogP contribution in [0.5, 0.6) is 0 Å². The van der Waals surface area contributed by atoms with Crippen molar-refractivity contribution in [1.82, 2.24) is 14.7 Å². The molecule has 0 bridgehead atoms. The molecular formula is C28H29FN4O4S. The fourth-order valence-electron chi connectivity index (χ4n) is 4.85. The topological polar surface area (TPSA) is 82.2 Å². The molecule has 8 nitrogen and oxygen atoms in total. The molecule has 0 saturated carbocycles.